The molecule has 1 amide bonds. The van der Waals surface area contributed by atoms with Crippen LogP contribution in [0.4, 0.5) is 0 Å². The second kappa shape index (κ2) is 8.71. The number of morpholine rings is 1. The van der Waals surface area contributed by atoms with Crippen molar-refractivity contribution in [3.63, 3.8) is 0 Å². The molecular formula is C21H21ClN4O3. The second-order valence-corrected chi connectivity index (χ2v) is 7.47. The Hall–Kier alpha value is -2.77. The molecule has 1 aromatic carbocycles. The van der Waals surface area contributed by atoms with E-state index in [-0.39, 0.29) is 18.4 Å². The fraction of sp³-hybridized carbons (Fsp3) is 0.333. The molecule has 1 fully saturated rings. The van der Waals surface area contributed by atoms with Gasteiger partial charge in [0.15, 0.2) is 0 Å². The molecule has 0 saturated carbocycles. The molecule has 2 aromatic heterocycles. The molecule has 0 bridgehead atoms. The van der Waals surface area contributed by atoms with E-state index in [4.69, 9.17) is 21.3 Å². The molecular weight excluding hydrogens is 392 g/mol. The third-order valence-corrected chi connectivity index (χ3v) is 5.15. The Morgan fingerprint density at radius 1 is 1.24 bits per heavy atom. The van der Waals surface area contributed by atoms with Gasteiger partial charge in [-0.15, -0.1) is 0 Å². The highest BCUT2D eigenvalue weighted by molar-refractivity contribution is 6.30. The minimum atomic E-state index is -0.261. The van der Waals surface area contributed by atoms with Crippen LogP contribution in [0.3, 0.4) is 0 Å². The quantitative estimate of drug-likeness (QED) is 0.640. The van der Waals surface area contributed by atoms with Gasteiger partial charge in [0.25, 0.3) is 0 Å². The van der Waals surface area contributed by atoms with Crippen molar-refractivity contribution in [3.8, 4) is 0 Å². The molecule has 1 saturated heterocycles. The fourth-order valence-corrected chi connectivity index (χ4v) is 3.56. The molecule has 0 unspecified atom stereocenters. The summed E-state index contributed by atoms with van der Waals surface area (Å²) in [5.41, 5.74) is 4.06. The molecule has 8 heteroatoms. The highest BCUT2D eigenvalue weighted by Gasteiger charge is 2.27. The van der Waals surface area contributed by atoms with Crippen LogP contribution in [0.5, 0.6) is 0 Å². The zero-order chi connectivity index (χ0) is 20.2. The van der Waals surface area contributed by atoms with Crippen LogP contribution in [0, 0.1) is 6.92 Å². The topological polar surface area (TPSA) is 81.4 Å². The molecule has 1 aliphatic rings. The van der Waals surface area contributed by atoms with Gasteiger partial charge in [-0.25, -0.2) is 4.63 Å². The lowest BCUT2D eigenvalue weighted by Gasteiger charge is -2.32. The zero-order valence-corrected chi connectivity index (χ0v) is 16.8. The highest BCUT2D eigenvalue weighted by Crippen LogP contribution is 2.22. The summed E-state index contributed by atoms with van der Waals surface area (Å²) >= 11 is 6.08. The number of rotatable bonds is 5. The van der Waals surface area contributed by atoms with E-state index >= 15 is 0 Å². The van der Waals surface area contributed by atoms with Gasteiger partial charge in [0, 0.05) is 23.7 Å². The minimum absolute atomic E-state index is 0.0211. The van der Waals surface area contributed by atoms with E-state index in [1.54, 1.807) is 11.8 Å². The van der Waals surface area contributed by atoms with Crippen LogP contribution in [0.2, 0.25) is 5.02 Å². The first kappa shape index (κ1) is 19.5. The van der Waals surface area contributed by atoms with Gasteiger partial charge in [0.1, 0.15) is 17.5 Å². The van der Waals surface area contributed by atoms with E-state index in [1.807, 2.05) is 42.5 Å². The normalized spacial score (nSPS) is 16.8. The number of aryl methyl sites for hydroxylation is 1. The highest BCUT2D eigenvalue weighted by atomic mass is 35.5. The third kappa shape index (κ3) is 4.81. The molecule has 0 radical (unpaired) electrons. The van der Waals surface area contributed by atoms with Crippen LogP contribution in [-0.4, -0.2) is 45.8 Å². The van der Waals surface area contributed by atoms with Crippen molar-refractivity contribution in [1.29, 1.82) is 0 Å². The van der Waals surface area contributed by atoms with Crippen molar-refractivity contribution >= 4 is 17.5 Å². The molecule has 0 aliphatic carbocycles. The maximum atomic E-state index is 12.7. The van der Waals surface area contributed by atoms with Crippen molar-refractivity contribution in [2.45, 2.75) is 25.9 Å². The van der Waals surface area contributed by atoms with Crippen molar-refractivity contribution in [3.05, 3.63) is 75.8 Å². The van der Waals surface area contributed by atoms with Crippen molar-refractivity contribution in [2.75, 3.05) is 19.7 Å². The standard InChI is InChI=1S/C21H21ClN4O3/c1-14-19(25-29-24-14)12-21(27)26-8-9-28-20(13-26)18-7-3-6-17(23-18)11-15-4-2-5-16(22)10-15/h2-7,10,20H,8-9,11-13H2,1H3/t20-/m0/s1. The maximum Gasteiger partial charge on any atom is 0.228 e. The van der Waals surface area contributed by atoms with Crippen molar-refractivity contribution in [2.24, 2.45) is 0 Å². The summed E-state index contributed by atoms with van der Waals surface area (Å²) in [7, 11) is 0. The number of nitrogens with zero attached hydrogens (tertiary/aromatic N) is 4. The SMILES string of the molecule is Cc1nonc1CC(=O)N1CCO[C@H](c2cccc(Cc3cccc(Cl)c3)n2)C1. The molecule has 150 valence electrons. The molecule has 1 aliphatic heterocycles. The summed E-state index contributed by atoms with van der Waals surface area (Å²) < 4.78 is 10.6. The lowest BCUT2D eigenvalue weighted by molar-refractivity contribution is -0.138. The Kier molecular flexibility index (Phi) is 5.87. The van der Waals surface area contributed by atoms with Gasteiger partial charge in [0.05, 0.1) is 25.3 Å². The van der Waals surface area contributed by atoms with Gasteiger partial charge in [-0.1, -0.05) is 40.1 Å². The van der Waals surface area contributed by atoms with Crippen LogP contribution in [0.1, 0.15) is 34.4 Å². The zero-order valence-electron chi connectivity index (χ0n) is 16.0. The van der Waals surface area contributed by atoms with E-state index in [0.717, 1.165) is 17.0 Å². The Labute approximate surface area is 173 Å². The van der Waals surface area contributed by atoms with Gasteiger partial charge in [0.2, 0.25) is 5.91 Å². The second-order valence-electron chi connectivity index (χ2n) is 7.03. The van der Waals surface area contributed by atoms with Gasteiger partial charge >= 0.3 is 0 Å². The Balaban J connectivity index is 1.44. The first-order valence-corrected chi connectivity index (χ1v) is 9.84. The number of amides is 1. The van der Waals surface area contributed by atoms with E-state index in [9.17, 15) is 4.79 Å². The van der Waals surface area contributed by atoms with Crippen molar-refractivity contribution in [1.82, 2.24) is 20.2 Å². The predicted octanol–water partition coefficient (Wildman–Crippen LogP) is 3.16. The predicted molar refractivity (Wildman–Crippen MR) is 107 cm³/mol. The fourth-order valence-electron chi connectivity index (χ4n) is 3.35. The summed E-state index contributed by atoms with van der Waals surface area (Å²) in [4.78, 5) is 19.2. The largest absolute Gasteiger partial charge is 0.368 e. The number of halogens is 1. The number of pyridine rings is 1. The minimum Gasteiger partial charge on any atom is -0.368 e. The number of benzene rings is 1. The smallest absolute Gasteiger partial charge is 0.228 e. The van der Waals surface area contributed by atoms with Crippen LogP contribution >= 0.6 is 11.6 Å². The maximum absolute atomic E-state index is 12.7. The monoisotopic (exact) mass is 412 g/mol. The van der Waals surface area contributed by atoms with E-state index in [0.29, 0.717) is 42.5 Å². The van der Waals surface area contributed by atoms with Gasteiger partial charge < -0.3 is 9.64 Å². The first-order valence-electron chi connectivity index (χ1n) is 9.46. The summed E-state index contributed by atoms with van der Waals surface area (Å²) in [6, 6.07) is 13.6. The number of ether oxygens (including phenoxy) is 1. The Morgan fingerprint density at radius 3 is 2.90 bits per heavy atom. The van der Waals surface area contributed by atoms with Crippen LogP contribution in [0.25, 0.3) is 0 Å². The average molecular weight is 413 g/mol. The third-order valence-electron chi connectivity index (χ3n) is 4.92. The Morgan fingerprint density at radius 2 is 2.10 bits per heavy atom. The summed E-state index contributed by atoms with van der Waals surface area (Å²) in [5.74, 6) is -0.0211. The van der Waals surface area contributed by atoms with Crippen LogP contribution < -0.4 is 0 Å². The summed E-state index contributed by atoms with van der Waals surface area (Å²) in [5, 5.41) is 8.24. The number of carbonyl (C=O) groups is 1. The van der Waals surface area contributed by atoms with E-state index < -0.39 is 0 Å². The number of hydrogen-bond acceptors (Lipinski definition) is 6. The molecule has 3 heterocycles. The number of aromatic nitrogens is 3. The molecule has 3 aromatic rings. The first-order chi connectivity index (χ1) is 14.1. The molecule has 4 rings (SSSR count). The lowest BCUT2D eigenvalue weighted by atomic mass is 10.1. The molecule has 0 N–H and O–H groups in total. The molecule has 29 heavy (non-hydrogen) atoms. The number of hydrogen-bond donors (Lipinski definition) is 0. The number of carbonyl (C=O) groups excluding carboxylic acids is 1. The van der Waals surface area contributed by atoms with E-state index in [2.05, 4.69) is 14.9 Å². The summed E-state index contributed by atoms with van der Waals surface area (Å²) in [6.45, 7) is 3.24. The van der Waals surface area contributed by atoms with Gasteiger partial charge in [-0.3, -0.25) is 9.78 Å². The van der Waals surface area contributed by atoms with E-state index in [1.165, 1.54) is 0 Å². The molecule has 0 spiro atoms. The molecule has 7 nitrogen and oxygen atoms in total. The van der Waals surface area contributed by atoms with Gasteiger partial charge in [-0.2, -0.15) is 0 Å². The Bertz CT molecular complexity index is 1010. The van der Waals surface area contributed by atoms with Crippen LogP contribution in [0.15, 0.2) is 47.1 Å². The lowest BCUT2D eigenvalue weighted by Crippen LogP contribution is -2.43. The summed E-state index contributed by atoms with van der Waals surface area (Å²) in [6.07, 6.45) is 0.593. The average Bonchev–Trinajstić information content (AvgIpc) is 3.13. The van der Waals surface area contributed by atoms with Crippen molar-refractivity contribution < 1.29 is 14.2 Å². The molecule has 1 atom stereocenters. The van der Waals surface area contributed by atoms with Crippen LogP contribution in [-0.2, 0) is 22.4 Å². The van der Waals surface area contributed by atoms with Gasteiger partial charge in [-0.05, 0) is 36.8 Å².